The number of ether oxygens (including phenoxy) is 2. The largest absolute Gasteiger partial charge is 0.468 e. The van der Waals surface area contributed by atoms with Gasteiger partial charge in [-0.25, -0.2) is 4.98 Å². The summed E-state index contributed by atoms with van der Waals surface area (Å²) in [6, 6.07) is -0.403. The molecule has 0 spiro atoms. The minimum absolute atomic E-state index is 0.148. The molecule has 1 saturated heterocycles. The second-order valence-corrected chi connectivity index (χ2v) is 5.27. The van der Waals surface area contributed by atoms with Crippen LogP contribution in [0.2, 0.25) is 0 Å². The van der Waals surface area contributed by atoms with Crippen molar-refractivity contribution < 1.29 is 19.1 Å². The zero-order valence-electron chi connectivity index (χ0n) is 11.4. The lowest BCUT2D eigenvalue weighted by atomic mass is 10.2. The van der Waals surface area contributed by atoms with Gasteiger partial charge in [-0.15, -0.1) is 11.3 Å². The molecule has 1 aliphatic rings. The van der Waals surface area contributed by atoms with Gasteiger partial charge in [0.25, 0.3) is 0 Å². The SMILES string of the molecule is COC(=O)C1COCCN1Cc1csc(NC(C)=O)n1. The molecule has 7 nitrogen and oxygen atoms in total. The van der Waals surface area contributed by atoms with E-state index in [1.807, 2.05) is 10.3 Å². The Balaban J connectivity index is 2.01. The third kappa shape index (κ3) is 3.75. The second-order valence-electron chi connectivity index (χ2n) is 4.41. The maximum Gasteiger partial charge on any atom is 0.325 e. The summed E-state index contributed by atoms with van der Waals surface area (Å²) < 4.78 is 10.1. The monoisotopic (exact) mass is 299 g/mol. The molecule has 0 saturated carbocycles. The Morgan fingerprint density at radius 3 is 3.15 bits per heavy atom. The molecule has 110 valence electrons. The maximum absolute atomic E-state index is 11.7. The summed E-state index contributed by atoms with van der Waals surface area (Å²) in [4.78, 5) is 28.9. The molecular formula is C12H17N3O4S. The van der Waals surface area contributed by atoms with Crippen LogP contribution in [0, 0.1) is 0 Å². The molecule has 1 amide bonds. The number of nitrogens with zero attached hydrogens (tertiary/aromatic N) is 2. The van der Waals surface area contributed by atoms with Crippen LogP contribution in [0.1, 0.15) is 12.6 Å². The first kappa shape index (κ1) is 14.9. The predicted octanol–water partition coefficient (Wildman–Crippen LogP) is 0.475. The first-order chi connectivity index (χ1) is 9.60. The Morgan fingerprint density at radius 2 is 2.45 bits per heavy atom. The minimum Gasteiger partial charge on any atom is -0.468 e. The number of carbonyl (C=O) groups is 2. The Hall–Kier alpha value is -1.51. The highest BCUT2D eigenvalue weighted by Gasteiger charge is 2.30. The number of rotatable bonds is 4. The molecule has 1 aromatic heterocycles. The van der Waals surface area contributed by atoms with Gasteiger partial charge in [-0.05, 0) is 0 Å². The molecule has 2 heterocycles. The number of carbonyl (C=O) groups excluding carboxylic acids is 2. The smallest absolute Gasteiger partial charge is 0.325 e. The van der Waals surface area contributed by atoms with E-state index in [0.29, 0.717) is 31.4 Å². The Bertz CT molecular complexity index is 491. The maximum atomic E-state index is 11.7. The summed E-state index contributed by atoms with van der Waals surface area (Å²) in [5, 5.41) is 5.08. The Kier molecular flexibility index (Phi) is 5.05. The van der Waals surface area contributed by atoms with Gasteiger partial charge in [-0.1, -0.05) is 0 Å². The molecule has 2 rings (SSSR count). The quantitative estimate of drug-likeness (QED) is 0.814. The fourth-order valence-corrected chi connectivity index (χ4v) is 2.72. The van der Waals surface area contributed by atoms with E-state index in [1.54, 1.807) is 0 Å². The van der Waals surface area contributed by atoms with Crippen molar-refractivity contribution >= 4 is 28.3 Å². The second kappa shape index (κ2) is 6.78. The lowest BCUT2D eigenvalue weighted by Crippen LogP contribution is -2.49. The summed E-state index contributed by atoms with van der Waals surface area (Å²) in [5.74, 6) is -0.452. The summed E-state index contributed by atoms with van der Waals surface area (Å²) >= 11 is 1.36. The van der Waals surface area contributed by atoms with E-state index in [9.17, 15) is 9.59 Å². The molecule has 1 aliphatic heterocycles. The van der Waals surface area contributed by atoms with Crippen LogP contribution in [-0.4, -0.2) is 54.7 Å². The van der Waals surface area contributed by atoms with E-state index >= 15 is 0 Å². The van der Waals surface area contributed by atoms with Crippen molar-refractivity contribution in [2.75, 3.05) is 32.2 Å². The van der Waals surface area contributed by atoms with Gasteiger partial charge < -0.3 is 14.8 Å². The summed E-state index contributed by atoms with van der Waals surface area (Å²) in [6.45, 7) is 3.52. The van der Waals surface area contributed by atoms with Gasteiger partial charge in [0, 0.05) is 25.4 Å². The number of methoxy groups -OCH3 is 1. The van der Waals surface area contributed by atoms with Crippen molar-refractivity contribution in [3.63, 3.8) is 0 Å². The van der Waals surface area contributed by atoms with Crippen molar-refractivity contribution in [1.29, 1.82) is 0 Å². The molecule has 0 bridgehead atoms. The summed E-state index contributed by atoms with van der Waals surface area (Å²) in [6.07, 6.45) is 0. The molecule has 1 unspecified atom stereocenters. The number of aromatic nitrogens is 1. The number of amides is 1. The molecular weight excluding hydrogens is 282 g/mol. The van der Waals surface area contributed by atoms with Crippen LogP contribution in [0.5, 0.6) is 0 Å². The third-order valence-corrected chi connectivity index (χ3v) is 3.72. The molecule has 0 aliphatic carbocycles. The van der Waals surface area contributed by atoms with Crippen LogP contribution in [0.25, 0.3) is 0 Å². The van der Waals surface area contributed by atoms with Crippen molar-refractivity contribution in [3.8, 4) is 0 Å². The Morgan fingerprint density at radius 1 is 1.65 bits per heavy atom. The van der Waals surface area contributed by atoms with Crippen LogP contribution >= 0.6 is 11.3 Å². The number of hydrogen-bond acceptors (Lipinski definition) is 7. The van der Waals surface area contributed by atoms with Crippen molar-refractivity contribution in [2.45, 2.75) is 19.5 Å². The van der Waals surface area contributed by atoms with E-state index in [0.717, 1.165) is 5.69 Å². The van der Waals surface area contributed by atoms with Gasteiger partial charge in [0.1, 0.15) is 6.04 Å². The van der Waals surface area contributed by atoms with Crippen LogP contribution < -0.4 is 5.32 Å². The summed E-state index contributed by atoms with van der Waals surface area (Å²) in [7, 11) is 1.37. The van der Waals surface area contributed by atoms with E-state index < -0.39 is 6.04 Å². The van der Waals surface area contributed by atoms with Gasteiger partial charge >= 0.3 is 5.97 Å². The Labute approximate surface area is 120 Å². The van der Waals surface area contributed by atoms with Crippen molar-refractivity contribution in [2.24, 2.45) is 0 Å². The molecule has 1 aromatic rings. The van der Waals surface area contributed by atoms with E-state index in [2.05, 4.69) is 10.3 Å². The van der Waals surface area contributed by atoms with E-state index in [1.165, 1.54) is 25.4 Å². The minimum atomic E-state index is -0.403. The highest BCUT2D eigenvalue weighted by atomic mass is 32.1. The predicted molar refractivity (Wildman–Crippen MR) is 73.5 cm³/mol. The lowest BCUT2D eigenvalue weighted by molar-refractivity contribution is -0.153. The van der Waals surface area contributed by atoms with Crippen molar-refractivity contribution in [3.05, 3.63) is 11.1 Å². The van der Waals surface area contributed by atoms with Gasteiger partial charge in [-0.3, -0.25) is 14.5 Å². The zero-order valence-corrected chi connectivity index (χ0v) is 12.2. The third-order valence-electron chi connectivity index (χ3n) is 2.91. The van der Waals surface area contributed by atoms with Crippen LogP contribution in [0.3, 0.4) is 0 Å². The zero-order chi connectivity index (χ0) is 14.5. The molecule has 0 radical (unpaired) electrons. The number of hydrogen-bond donors (Lipinski definition) is 1. The van der Waals surface area contributed by atoms with Gasteiger partial charge in [0.2, 0.25) is 5.91 Å². The topological polar surface area (TPSA) is 80.8 Å². The highest BCUT2D eigenvalue weighted by molar-refractivity contribution is 7.13. The average Bonchev–Trinajstić information content (AvgIpc) is 2.85. The van der Waals surface area contributed by atoms with E-state index in [4.69, 9.17) is 9.47 Å². The molecule has 1 fully saturated rings. The fourth-order valence-electron chi connectivity index (χ4n) is 1.98. The van der Waals surface area contributed by atoms with Gasteiger partial charge in [-0.2, -0.15) is 0 Å². The molecule has 8 heteroatoms. The van der Waals surface area contributed by atoms with Gasteiger partial charge in [0.15, 0.2) is 5.13 Å². The van der Waals surface area contributed by atoms with Crippen LogP contribution in [-0.2, 0) is 25.6 Å². The standard InChI is InChI=1S/C12H17N3O4S/c1-8(16)13-12-14-9(7-20-12)5-15-3-4-19-6-10(15)11(17)18-2/h7,10H,3-6H2,1-2H3,(H,13,14,16). The van der Waals surface area contributed by atoms with Crippen LogP contribution in [0.15, 0.2) is 5.38 Å². The van der Waals surface area contributed by atoms with E-state index in [-0.39, 0.29) is 11.9 Å². The van der Waals surface area contributed by atoms with Gasteiger partial charge in [0.05, 0.1) is 26.0 Å². The number of nitrogens with one attached hydrogen (secondary N) is 1. The first-order valence-electron chi connectivity index (χ1n) is 6.21. The molecule has 0 aromatic carbocycles. The molecule has 1 atom stereocenters. The average molecular weight is 299 g/mol. The lowest BCUT2D eigenvalue weighted by Gasteiger charge is -2.32. The first-order valence-corrected chi connectivity index (χ1v) is 7.09. The number of thiazole rings is 1. The molecule has 1 N–H and O–H groups in total. The summed E-state index contributed by atoms with van der Waals surface area (Å²) in [5.41, 5.74) is 0.814. The normalized spacial score (nSPS) is 19.6. The number of anilines is 1. The van der Waals surface area contributed by atoms with Crippen molar-refractivity contribution in [1.82, 2.24) is 9.88 Å². The van der Waals surface area contributed by atoms with Crippen LogP contribution in [0.4, 0.5) is 5.13 Å². The number of morpholine rings is 1. The number of esters is 1. The molecule has 20 heavy (non-hydrogen) atoms. The fraction of sp³-hybridized carbons (Fsp3) is 0.583. The highest BCUT2D eigenvalue weighted by Crippen LogP contribution is 2.19.